The summed E-state index contributed by atoms with van der Waals surface area (Å²) in [5.41, 5.74) is 5.45. The average Bonchev–Trinajstić information content (AvgIpc) is 2.63. The number of anilines is 1. The lowest BCUT2D eigenvalue weighted by Crippen LogP contribution is -2.48. The van der Waals surface area contributed by atoms with Gasteiger partial charge in [0.1, 0.15) is 10.6 Å². The van der Waals surface area contributed by atoms with Gasteiger partial charge in [0.2, 0.25) is 15.9 Å². The van der Waals surface area contributed by atoms with Crippen LogP contribution >= 0.6 is 0 Å². The van der Waals surface area contributed by atoms with Crippen LogP contribution < -0.4 is 15.8 Å². The quantitative estimate of drug-likeness (QED) is 0.702. The van der Waals surface area contributed by atoms with Crippen LogP contribution in [0.4, 0.5) is 5.69 Å². The van der Waals surface area contributed by atoms with Crippen LogP contribution in [0.5, 0.6) is 5.75 Å². The van der Waals surface area contributed by atoms with Gasteiger partial charge >= 0.3 is 0 Å². The van der Waals surface area contributed by atoms with Gasteiger partial charge in [0.05, 0.1) is 12.1 Å². The minimum absolute atomic E-state index is 0.0817. The third-order valence-corrected chi connectivity index (χ3v) is 6.64. The zero-order chi connectivity index (χ0) is 20.1. The molecule has 0 saturated carbocycles. The van der Waals surface area contributed by atoms with Crippen molar-refractivity contribution in [2.45, 2.75) is 63.3 Å². The molecule has 1 amide bonds. The van der Waals surface area contributed by atoms with Crippen molar-refractivity contribution in [1.29, 1.82) is 0 Å². The number of benzene rings is 1. The molecular formula is C19H31N3O4S. The smallest absolute Gasteiger partial charge is 0.246 e. The molecule has 3 N–H and O–H groups in total. The summed E-state index contributed by atoms with van der Waals surface area (Å²) in [4.78, 5) is 12.6. The maximum Gasteiger partial charge on any atom is 0.246 e. The van der Waals surface area contributed by atoms with Gasteiger partial charge in [-0.1, -0.05) is 19.8 Å². The van der Waals surface area contributed by atoms with Crippen molar-refractivity contribution in [2.75, 3.05) is 25.0 Å². The lowest BCUT2D eigenvalue weighted by molar-refractivity contribution is -0.120. The molecule has 1 heterocycles. The summed E-state index contributed by atoms with van der Waals surface area (Å²) >= 11 is 0. The SMILES string of the molecule is CCCC(C)(N)C(=O)Nc1ccc(OCC)c(S(=O)(=O)N2CCCCC2)c1. The van der Waals surface area contributed by atoms with E-state index in [2.05, 4.69) is 5.32 Å². The van der Waals surface area contributed by atoms with E-state index < -0.39 is 15.6 Å². The Morgan fingerprint density at radius 2 is 1.93 bits per heavy atom. The van der Waals surface area contributed by atoms with Crippen molar-refractivity contribution in [2.24, 2.45) is 5.73 Å². The second-order valence-corrected chi connectivity index (χ2v) is 9.09. The van der Waals surface area contributed by atoms with Crippen LogP contribution in [0, 0.1) is 0 Å². The zero-order valence-electron chi connectivity index (χ0n) is 16.5. The summed E-state index contributed by atoms with van der Waals surface area (Å²) in [7, 11) is -3.69. The molecule has 1 aromatic rings. The molecule has 1 aromatic carbocycles. The highest BCUT2D eigenvalue weighted by atomic mass is 32.2. The van der Waals surface area contributed by atoms with E-state index in [0.29, 0.717) is 37.6 Å². The molecule has 1 atom stereocenters. The normalized spacial score (nSPS) is 17.9. The van der Waals surface area contributed by atoms with E-state index in [1.165, 1.54) is 10.4 Å². The van der Waals surface area contributed by atoms with Crippen molar-refractivity contribution in [3.05, 3.63) is 18.2 Å². The van der Waals surface area contributed by atoms with E-state index in [0.717, 1.165) is 25.7 Å². The van der Waals surface area contributed by atoms with Crippen molar-refractivity contribution in [3.8, 4) is 5.75 Å². The highest BCUT2D eigenvalue weighted by Crippen LogP contribution is 2.31. The molecule has 2 rings (SSSR count). The fourth-order valence-corrected chi connectivity index (χ4v) is 4.89. The van der Waals surface area contributed by atoms with Gasteiger partial charge in [-0.05, 0) is 51.3 Å². The van der Waals surface area contributed by atoms with Crippen LogP contribution in [0.2, 0.25) is 0 Å². The third-order valence-electron chi connectivity index (χ3n) is 4.72. The Labute approximate surface area is 162 Å². The monoisotopic (exact) mass is 397 g/mol. The molecule has 1 unspecified atom stereocenters. The first-order valence-corrected chi connectivity index (χ1v) is 11.0. The predicted molar refractivity (Wildman–Crippen MR) is 106 cm³/mol. The Morgan fingerprint density at radius 1 is 1.26 bits per heavy atom. The Balaban J connectivity index is 2.35. The van der Waals surface area contributed by atoms with Crippen LogP contribution in [0.15, 0.2) is 23.1 Å². The van der Waals surface area contributed by atoms with E-state index in [9.17, 15) is 13.2 Å². The summed E-state index contributed by atoms with van der Waals surface area (Å²) in [6.07, 6.45) is 4.05. The number of carbonyl (C=O) groups excluding carboxylic acids is 1. The summed E-state index contributed by atoms with van der Waals surface area (Å²) < 4.78 is 33.3. The number of piperidine rings is 1. The van der Waals surface area contributed by atoms with Crippen LogP contribution in [0.25, 0.3) is 0 Å². The average molecular weight is 398 g/mol. The maximum atomic E-state index is 13.1. The first kappa shape index (κ1) is 21.7. The van der Waals surface area contributed by atoms with Gasteiger partial charge in [-0.2, -0.15) is 4.31 Å². The van der Waals surface area contributed by atoms with E-state index in [4.69, 9.17) is 10.5 Å². The van der Waals surface area contributed by atoms with E-state index in [1.807, 2.05) is 6.92 Å². The minimum Gasteiger partial charge on any atom is -0.492 e. The number of carbonyl (C=O) groups is 1. The Hall–Kier alpha value is -1.64. The lowest BCUT2D eigenvalue weighted by atomic mass is 9.96. The van der Waals surface area contributed by atoms with Gasteiger partial charge in [0.25, 0.3) is 0 Å². The molecule has 0 bridgehead atoms. The molecule has 1 aliphatic heterocycles. The molecule has 0 aromatic heterocycles. The summed E-state index contributed by atoms with van der Waals surface area (Å²) in [5, 5.41) is 2.75. The molecule has 1 saturated heterocycles. The van der Waals surface area contributed by atoms with Crippen molar-refractivity contribution in [3.63, 3.8) is 0 Å². The molecule has 152 valence electrons. The van der Waals surface area contributed by atoms with Crippen molar-refractivity contribution < 1.29 is 17.9 Å². The van der Waals surface area contributed by atoms with E-state index in [-0.39, 0.29) is 10.8 Å². The number of rotatable bonds is 8. The standard InChI is InChI=1S/C19H31N3O4S/c1-4-11-19(3,20)18(23)21-15-9-10-16(26-5-2)17(14-15)27(24,25)22-12-7-6-8-13-22/h9-10,14H,4-8,11-13,20H2,1-3H3,(H,21,23). The zero-order valence-corrected chi connectivity index (χ0v) is 17.3. The van der Waals surface area contributed by atoms with Gasteiger partial charge in [0, 0.05) is 18.8 Å². The van der Waals surface area contributed by atoms with Gasteiger partial charge < -0.3 is 15.8 Å². The fraction of sp³-hybridized carbons (Fsp3) is 0.632. The molecule has 0 radical (unpaired) electrons. The number of nitrogens with zero attached hydrogens (tertiary/aromatic N) is 1. The third kappa shape index (κ3) is 5.21. The fourth-order valence-electron chi connectivity index (χ4n) is 3.21. The highest BCUT2D eigenvalue weighted by Gasteiger charge is 2.31. The van der Waals surface area contributed by atoms with Crippen molar-refractivity contribution in [1.82, 2.24) is 4.31 Å². The van der Waals surface area contributed by atoms with Gasteiger partial charge in [0.15, 0.2) is 0 Å². The number of amides is 1. The first-order chi connectivity index (χ1) is 12.7. The summed E-state index contributed by atoms with van der Waals surface area (Å²) in [6.45, 7) is 6.79. The number of sulfonamides is 1. The number of nitrogens with two attached hydrogens (primary N) is 1. The number of hydrogen-bond acceptors (Lipinski definition) is 5. The molecule has 0 aliphatic carbocycles. The maximum absolute atomic E-state index is 13.1. The highest BCUT2D eigenvalue weighted by molar-refractivity contribution is 7.89. The predicted octanol–water partition coefficient (Wildman–Crippen LogP) is 2.72. The molecule has 7 nitrogen and oxygen atoms in total. The molecular weight excluding hydrogens is 366 g/mol. The van der Waals surface area contributed by atoms with Crippen LogP contribution in [0.3, 0.4) is 0 Å². The van der Waals surface area contributed by atoms with Gasteiger partial charge in [-0.15, -0.1) is 0 Å². The molecule has 1 fully saturated rings. The Morgan fingerprint density at radius 3 is 2.52 bits per heavy atom. The van der Waals surface area contributed by atoms with Gasteiger partial charge in [-0.3, -0.25) is 4.79 Å². The Bertz CT molecular complexity index is 756. The van der Waals surface area contributed by atoms with Crippen molar-refractivity contribution >= 4 is 21.6 Å². The van der Waals surface area contributed by atoms with Crippen LogP contribution in [-0.2, 0) is 14.8 Å². The topological polar surface area (TPSA) is 102 Å². The largest absolute Gasteiger partial charge is 0.492 e. The Kier molecular flexibility index (Phi) is 7.25. The number of hydrogen-bond donors (Lipinski definition) is 2. The molecule has 0 spiro atoms. The minimum atomic E-state index is -3.69. The summed E-state index contributed by atoms with van der Waals surface area (Å²) in [5.74, 6) is -0.0417. The second kappa shape index (κ2) is 9.03. The van der Waals surface area contributed by atoms with Crippen LogP contribution in [-0.4, -0.2) is 43.9 Å². The molecule has 1 aliphatic rings. The van der Waals surface area contributed by atoms with Gasteiger partial charge in [-0.25, -0.2) is 8.42 Å². The van der Waals surface area contributed by atoms with E-state index >= 15 is 0 Å². The van der Waals surface area contributed by atoms with Crippen LogP contribution in [0.1, 0.15) is 52.9 Å². The number of nitrogens with one attached hydrogen (secondary N) is 1. The second-order valence-electron chi connectivity index (χ2n) is 7.18. The summed E-state index contributed by atoms with van der Waals surface area (Å²) in [6, 6.07) is 4.69. The number of ether oxygens (including phenoxy) is 1. The lowest BCUT2D eigenvalue weighted by Gasteiger charge is -2.27. The molecule has 27 heavy (non-hydrogen) atoms. The first-order valence-electron chi connectivity index (χ1n) is 9.59. The molecule has 8 heteroatoms. The van der Waals surface area contributed by atoms with E-state index in [1.54, 1.807) is 26.0 Å².